The van der Waals surface area contributed by atoms with Crippen LogP contribution in [0.4, 0.5) is 11.4 Å². The van der Waals surface area contributed by atoms with Gasteiger partial charge in [-0.25, -0.2) is 4.98 Å². The van der Waals surface area contributed by atoms with Crippen LogP contribution in [0.2, 0.25) is 0 Å². The lowest BCUT2D eigenvalue weighted by Gasteiger charge is -2.17. The van der Waals surface area contributed by atoms with Gasteiger partial charge < -0.3 is 15.6 Å². The first-order chi connectivity index (χ1) is 8.15. The fourth-order valence-electron chi connectivity index (χ4n) is 1.67. The Morgan fingerprint density at radius 2 is 2.35 bits per heavy atom. The first-order valence-electron chi connectivity index (χ1n) is 5.42. The topological polar surface area (TPSA) is 55.9 Å². The van der Waals surface area contributed by atoms with E-state index in [-0.39, 0.29) is 0 Å². The molecule has 0 radical (unpaired) electrons. The Labute approximate surface area is 114 Å². The van der Waals surface area contributed by atoms with Crippen molar-refractivity contribution in [1.29, 1.82) is 0 Å². The highest BCUT2D eigenvalue weighted by Gasteiger charge is 2.05. The zero-order valence-corrected chi connectivity index (χ0v) is 11.8. The number of nitrogens with one attached hydrogen (secondary N) is 1. The summed E-state index contributed by atoms with van der Waals surface area (Å²) in [5.41, 5.74) is 7.63. The molecule has 2 aromatic rings. The zero-order chi connectivity index (χ0) is 12.3. The molecule has 0 fully saturated rings. The number of rotatable bonds is 4. The van der Waals surface area contributed by atoms with Gasteiger partial charge >= 0.3 is 0 Å². The van der Waals surface area contributed by atoms with E-state index in [1.807, 2.05) is 30.7 Å². The van der Waals surface area contributed by atoms with Gasteiger partial charge in [0.15, 0.2) is 0 Å². The standard InChI is InChI=1S/C12H15IN4/c1-9(7-17-5-4-15-8-17)16-12-3-2-10(14)6-11(12)13/h2-6,8-9,16H,7,14H2,1H3. The van der Waals surface area contributed by atoms with Crippen molar-refractivity contribution in [3.05, 3.63) is 40.5 Å². The summed E-state index contributed by atoms with van der Waals surface area (Å²) in [4.78, 5) is 4.03. The second-order valence-corrected chi connectivity index (χ2v) is 5.21. The Morgan fingerprint density at radius 1 is 1.53 bits per heavy atom. The second-order valence-electron chi connectivity index (χ2n) is 4.04. The molecule has 5 heteroatoms. The van der Waals surface area contributed by atoms with Crippen LogP contribution in [0.25, 0.3) is 0 Å². The van der Waals surface area contributed by atoms with E-state index in [4.69, 9.17) is 5.73 Å². The summed E-state index contributed by atoms with van der Waals surface area (Å²) < 4.78 is 3.20. The van der Waals surface area contributed by atoms with Crippen LogP contribution in [0.5, 0.6) is 0 Å². The first-order valence-corrected chi connectivity index (χ1v) is 6.50. The number of anilines is 2. The maximum Gasteiger partial charge on any atom is 0.0946 e. The van der Waals surface area contributed by atoms with Gasteiger partial charge in [-0.15, -0.1) is 0 Å². The molecule has 0 aliphatic carbocycles. The van der Waals surface area contributed by atoms with Gasteiger partial charge in [-0.1, -0.05) is 0 Å². The van der Waals surface area contributed by atoms with E-state index in [0.717, 1.165) is 21.5 Å². The minimum absolute atomic E-state index is 0.335. The van der Waals surface area contributed by atoms with Crippen LogP contribution in [0, 0.1) is 3.57 Å². The monoisotopic (exact) mass is 342 g/mol. The van der Waals surface area contributed by atoms with Crippen LogP contribution < -0.4 is 11.1 Å². The van der Waals surface area contributed by atoms with Crippen LogP contribution in [-0.2, 0) is 6.54 Å². The molecule has 0 amide bonds. The molecule has 2 rings (SSSR count). The molecule has 1 aromatic carbocycles. The number of hydrogen-bond donors (Lipinski definition) is 2. The number of hydrogen-bond acceptors (Lipinski definition) is 3. The number of imidazole rings is 1. The summed E-state index contributed by atoms with van der Waals surface area (Å²) in [6.07, 6.45) is 5.58. The molecule has 1 heterocycles. The smallest absolute Gasteiger partial charge is 0.0946 e. The molecule has 0 saturated carbocycles. The highest BCUT2D eigenvalue weighted by Crippen LogP contribution is 2.21. The summed E-state index contributed by atoms with van der Waals surface area (Å²) in [5, 5.41) is 3.46. The van der Waals surface area contributed by atoms with Crippen molar-refractivity contribution in [2.24, 2.45) is 0 Å². The molecule has 1 aromatic heterocycles. The largest absolute Gasteiger partial charge is 0.399 e. The molecule has 4 nitrogen and oxygen atoms in total. The van der Waals surface area contributed by atoms with E-state index in [9.17, 15) is 0 Å². The number of halogens is 1. The Kier molecular flexibility index (Phi) is 3.88. The minimum Gasteiger partial charge on any atom is -0.399 e. The minimum atomic E-state index is 0.335. The van der Waals surface area contributed by atoms with E-state index in [1.54, 1.807) is 6.20 Å². The number of nitrogens with two attached hydrogens (primary N) is 1. The van der Waals surface area contributed by atoms with E-state index < -0.39 is 0 Å². The van der Waals surface area contributed by atoms with E-state index in [1.165, 1.54) is 0 Å². The maximum absolute atomic E-state index is 5.72. The average Bonchev–Trinajstić information content (AvgIpc) is 2.75. The quantitative estimate of drug-likeness (QED) is 0.663. The van der Waals surface area contributed by atoms with Crippen molar-refractivity contribution in [2.45, 2.75) is 19.5 Å². The lowest BCUT2D eigenvalue weighted by molar-refractivity contribution is 0.618. The van der Waals surface area contributed by atoms with Gasteiger partial charge in [0.2, 0.25) is 0 Å². The van der Waals surface area contributed by atoms with Gasteiger partial charge in [0.25, 0.3) is 0 Å². The maximum atomic E-state index is 5.72. The molecule has 0 aliphatic rings. The third-order valence-electron chi connectivity index (χ3n) is 2.44. The van der Waals surface area contributed by atoms with Crippen LogP contribution in [0.1, 0.15) is 6.92 Å². The van der Waals surface area contributed by atoms with Gasteiger partial charge in [0.1, 0.15) is 0 Å². The Hall–Kier alpha value is -1.24. The summed E-state index contributed by atoms with van der Waals surface area (Å²) in [6.45, 7) is 3.03. The molecule has 90 valence electrons. The Balaban J connectivity index is 2.00. The van der Waals surface area contributed by atoms with Crippen molar-refractivity contribution < 1.29 is 0 Å². The highest BCUT2D eigenvalue weighted by atomic mass is 127. The van der Waals surface area contributed by atoms with Gasteiger partial charge in [-0.2, -0.15) is 0 Å². The van der Waals surface area contributed by atoms with Gasteiger partial charge in [0.05, 0.1) is 6.33 Å². The van der Waals surface area contributed by atoms with Crippen molar-refractivity contribution in [1.82, 2.24) is 9.55 Å². The fourth-order valence-corrected chi connectivity index (χ4v) is 2.37. The molecular weight excluding hydrogens is 327 g/mol. The Bertz CT molecular complexity index is 481. The van der Waals surface area contributed by atoms with E-state index >= 15 is 0 Å². The molecular formula is C12H15IN4. The van der Waals surface area contributed by atoms with Crippen LogP contribution in [-0.4, -0.2) is 15.6 Å². The summed E-state index contributed by atoms with van der Waals surface area (Å²) >= 11 is 2.29. The second kappa shape index (κ2) is 5.39. The number of aromatic nitrogens is 2. The van der Waals surface area contributed by atoms with Crippen molar-refractivity contribution >= 4 is 34.0 Å². The van der Waals surface area contributed by atoms with Crippen LogP contribution in [0.3, 0.4) is 0 Å². The Morgan fingerprint density at radius 3 is 3.00 bits per heavy atom. The predicted molar refractivity (Wildman–Crippen MR) is 78.9 cm³/mol. The van der Waals surface area contributed by atoms with Gasteiger partial charge in [-0.05, 0) is 47.7 Å². The molecule has 0 aliphatic heterocycles. The van der Waals surface area contributed by atoms with Crippen molar-refractivity contribution in [3.8, 4) is 0 Å². The lowest BCUT2D eigenvalue weighted by Crippen LogP contribution is -2.21. The highest BCUT2D eigenvalue weighted by molar-refractivity contribution is 14.1. The molecule has 17 heavy (non-hydrogen) atoms. The van der Waals surface area contributed by atoms with Gasteiger partial charge in [0, 0.05) is 39.9 Å². The number of nitrogens with zero attached hydrogens (tertiary/aromatic N) is 2. The molecule has 1 atom stereocenters. The number of benzene rings is 1. The summed E-state index contributed by atoms with van der Waals surface area (Å²) in [5.74, 6) is 0. The fraction of sp³-hybridized carbons (Fsp3) is 0.250. The molecule has 3 N–H and O–H groups in total. The third kappa shape index (κ3) is 3.36. The molecule has 0 spiro atoms. The normalized spacial score (nSPS) is 12.4. The van der Waals surface area contributed by atoms with Crippen molar-refractivity contribution in [2.75, 3.05) is 11.1 Å². The van der Waals surface area contributed by atoms with E-state index in [0.29, 0.717) is 6.04 Å². The van der Waals surface area contributed by atoms with Gasteiger partial charge in [-0.3, -0.25) is 0 Å². The SMILES string of the molecule is CC(Cn1ccnc1)Nc1ccc(N)cc1I. The lowest BCUT2D eigenvalue weighted by atomic mass is 10.2. The zero-order valence-electron chi connectivity index (χ0n) is 9.60. The van der Waals surface area contributed by atoms with E-state index in [2.05, 4.69) is 44.4 Å². The number of nitrogen functional groups attached to an aromatic ring is 1. The molecule has 0 saturated heterocycles. The van der Waals surface area contributed by atoms with Crippen LogP contribution in [0.15, 0.2) is 36.9 Å². The summed E-state index contributed by atoms with van der Waals surface area (Å²) in [7, 11) is 0. The molecule has 0 bridgehead atoms. The molecule has 1 unspecified atom stereocenters. The first kappa shape index (κ1) is 12.2. The summed E-state index contributed by atoms with van der Waals surface area (Å²) in [6, 6.07) is 6.23. The predicted octanol–water partition coefficient (Wildman–Crippen LogP) is 2.57. The van der Waals surface area contributed by atoms with Crippen LogP contribution >= 0.6 is 22.6 Å². The third-order valence-corrected chi connectivity index (χ3v) is 3.33. The van der Waals surface area contributed by atoms with Crippen molar-refractivity contribution in [3.63, 3.8) is 0 Å². The average molecular weight is 342 g/mol.